The summed E-state index contributed by atoms with van der Waals surface area (Å²) in [5.74, 6) is 0. The van der Waals surface area contributed by atoms with Crippen LogP contribution in [0.3, 0.4) is 0 Å². The molecule has 15 heavy (non-hydrogen) atoms. The van der Waals surface area contributed by atoms with Gasteiger partial charge in [-0.05, 0) is 28.5 Å². The van der Waals surface area contributed by atoms with Gasteiger partial charge in [0.25, 0.3) is 0 Å². The summed E-state index contributed by atoms with van der Waals surface area (Å²) >= 11 is 0. The number of nitrogens with zero attached hydrogens (tertiary/aromatic N) is 1. The molecule has 0 unspecified atom stereocenters. The lowest BCUT2D eigenvalue weighted by atomic mass is 10.0. The molecule has 76 valence electrons. The first-order valence-corrected chi connectivity index (χ1v) is 4.65. The molecule has 3 heteroatoms. The Morgan fingerprint density at radius 1 is 1.13 bits per heavy atom. The largest absolute Gasteiger partial charge is 0.411 e. The minimum atomic E-state index is -0.0633. The van der Waals surface area contributed by atoms with Crippen LogP contribution in [-0.4, -0.2) is 16.5 Å². The van der Waals surface area contributed by atoms with Crippen LogP contribution < -0.4 is 0 Å². The first-order chi connectivity index (χ1) is 7.35. The Labute approximate surface area is 87.3 Å². The maximum absolute atomic E-state index is 9.16. The number of aliphatic hydroxyl groups is 1. The van der Waals surface area contributed by atoms with Crippen molar-refractivity contribution in [2.75, 3.05) is 0 Å². The van der Waals surface area contributed by atoms with E-state index in [-0.39, 0.29) is 6.61 Å². The van der Waals surface area contributed by atoms with Crippen molar-refractivity contribution in [1.82, 2.24) is 0 Å². The van der Waals surface area contributed by atoms with Gasteiger partial charge in [-0.3, -0.25) is 0 Å². The molecule has 0 fully saturated rings. The molecule has 0 aromatic heterocycles. The number of oxime groups is 1. The smallest absolute Gasteiger partial charge is 0.0737 e. The fourth-order valence-electron chi connectivity index (χ4n) is 1.62. The summed E-state index contributed by atoms with van der Waals surface area (Å²) < 4.78 is 0. The molecule has 0 radical (unpaired) electrons. The molecular formula is C12H11NO2. The number of benzene rings is 2. The van der Waals surface area contributed by atoms with Crippen LogP contribution in [0, 0.1) is 0 Å². The van der Waals surface area contributed by atoms with Crippen molar-refractivity contribution < 1.29 is 10.3 Å². The summed E-state index contributed by atoms with van der Waals surface area (Å²) in [4.78, 5) is 0. The van der Waals surface area contributed by atoms with Crippen molar-refractivity contribution in [3.05, 3.63) is 47.5 Å². The highest BCUT2D eigenvalue weighted by atomic mass is 16.4. The van der Waals surface area contributed by atoms with Crippen LogP contribution in [0.1, 0.15) is 11.1 Å². The lowest BCUT2D eigenvalue weighted by molar-refractivity contribution is 0.281. The quantitative estimate of drug-likeness (QED) is 0.444. The zero-order valence-electron chi connectivity index (χ0n) is 8.09. The summed E-state index contributed by atoms with van der Waals surface area (Å²) in [5.41, 5.74) is 1.49. The third kappa shape index (κ3) is 1.82. The van der Waals surface area contributed by atoms with Gasteiger partial charge < -0.3 is 10.3 Å². The molecule has 0 heterocycles. The van der Waals surface area contributed by atoms with Crippen molar-refractivity contribution in [3.63, 3.8) is 0 Å². The topological polar surface area (TPSA) is 52.8 Å². The van der Waals surface area contributed by atoms with Crippen molar-refractivity contribution >= 4 is 17.0 Å². The molecule has 0 saturated carbocycles. The molecule has 0 saturated heterocycles. The lowest BCUT2D eigenvalue weighted by Gasteiger charge is -2.04. The second-order valence-corrected chi connectivity index (χ2v) is 3.30. The normalized spacial score (nSPS) is 11.3. The second kappa shape index (κ2) is 4.11. The van der Waals surface area contributed by atoms with Gasteiger partial charge in [-0.15, -0.1) is 0 Å². The molecule has 0 spiro atoms. The first-order valence-electron chi connectivity index (χ1n) is 4.65. The monoisotopic (exact) mass is 201 g/mol. The van der Waals surface area contributed by atoms with Crippen LogP contribution >= 0.6 is 0 Å². The molecular weight excluding hydrogens is 190 g/mol. The van der Waals surface area contributed by atoms with Crippen LogP contribution in [0.2, 0.25) is 0 Å². The molecule has 0 aliphatic carbocycles. The van der Waals surface area contributed by atoms with Crippen LogP contribution in [0.4, 0.5) is 0 Å². The van der Waals surface area contributed by atoms with E-state index in [0.29, 0.717) is 0 Å². The molecule has 0 aliphatic heterocycles. The molecule has 0 atom stereocenters. The molecule has 3 nitrogen and oxygen atoms in total. The van der Waals surface area contributed by atoms with Gasteiger partial charge in [0.2, 0.25) is 0 Å². The molecule has 2 N–H and O–H groups in total. The van der Waals surface area contributed by atoms with Crippen molar-refractivity contribution in [3.8, 4) is 0 Å². The van der Waals surface area contributed by atoms with E-state index in [4.69, 9.17) is 10.3 Å². The molecule has 0 amide bonds. The lowest BCUT2D eigenvalue weighted by Crippen LogP contribution is -1.93. The third-order valence-electron chi connectivity index (χ3n) is 2.37. The predicted molar refractivity (Wildman–Crippen MR) is 59.3 cm³/mol. The number of aliphatic hydroxyl groups excluding tert-OH is 1. The highest BCUT2D eigenvalue weighted by molar-refractivity contribution is 5.92. The molecule has 0 bridgehead atoms. The third-order valence-corrected chi connectivity index (χ3v) is 2.37. The van der Waals surface area contributed by atoms with E-state index in [2.05, 4.69) is 5.16 Å². The summed E-state index contributed by atoms with van der Waals surface area (Å²) in [6, 6.07) is 11.6. The van der Waals surface area contributed by atoms with E-state index < -0.39 is 0 Å². The minimum Gasteiger partial charge on any atom is -0.411 e. The fourth-order valence-corrected chi connectivity index (χ4v) is 1.62. The average Bonchev–Trinajstić information content (AvgIpc) is 2.28. The molecule has 2 aromatic rings. The summed E-state index contributed by atoms with van der Waals surface area (Å²) in [5, 5.41) is 22.8. The van der Waals surface area contributed by atoms with E-state index in [9.17, 15) is 0 Å². The van der Waals surface area contributed by atoms with E-state index in [1.165, 1.54) is 6.21 Å². The Morgan fingerprint density at radius 3 is 2.40 bits per heavy atom. The van der Waals surface area contributed by atoms with Crippen LogP contribution in [0.25, 0.3) is 10.8 Å². The van der Waals surface area contributed by atoms with Gasteiger partial charge in [0, 0.05) is 5.56 Å². The maximum Gasteiger partial charge on any atom is 0.0737 e. The van der Waals surface area contributed by atoms with Crippen LogP contribution in [0.15, 0.2) is 41.6 Å². The van der Waals surface area contributed by atoms with Gasteiger partial charge in [0.05, 0.1) is 12.8 Å². The number of hydrogen-bond acceptors (Lipinski definition) is 3. The highest BCUT2D eigenvalue weighted by Gasteiger charge is 2.01. The summed E-state index contributed by atoms with van der Waals surface area (Å²) in [6.07, 6.45) is 1.33. The molecule has 2 rings (SSSR count). The second-order valence-electron chi connectivity index (χ2n) is 3.30. The van der Waals surface area contributed by atoms with Crippen LogP contribution in [0.5, 0.6) is 0 Å². The van der Waals surface area contributed by atoms with Gasteiger partial charge in [0.1, 0.15) is 0 Å². The van der Waals surface area contributed by atoms with Crippen LogP contribution in [-0.2, 0) is 6.61 Å². The summed E-state index contributed by atoms with van der Waals surface area (Å²) in [7, 11) is 0. The number of hydrogen-bond donors (Lipinski definition) is 2. The SMILES string of the molecule is OCc1cc2ccccc2cc1C=NO. The van der Waals surface area contributed by atoms with Crippen molar-refractivity contribution in [1.29, 1.82) is 0 Å². The standard InChI is InChI=1S/C12H11NO2/c14-8-12-6-10-4-2-1-3-9(10)5-11(12)7-13-15/h1-7,14-15H,8H2. The average molecular weight is 201 g/mol. The Hall–Kier alpha value is -1.87. The Kier molecular flexibility index (Phi) is 2.65. The maximum atomic E-state index is 9.16. The Balaban J connectivity index is 2.69. The predicted octanol–water partition coefficient (Wildman–Crippen LogP) is 2.14. The van der Waals surface area contributed by atoms with Crippen molar-refractivity contribution in [2.24, 2.45) is 5.16 Å². The van der Waals surface area contributed by atoms with E-state index >= 15 is 0 Å². The van der Waals surface area contributed by atoms with Gasteiger partial charge in [-0.2, -0.15) is 0 Å². The first kappa shape index (κ1) is 9.68. The number of rotatable bonds is 2. The highest BCUT2D eigenvalue weighted by Crippen LogP contribution is 2.19. The fraction of sp³-hybridized carbons (Fsp3) is 0.0833. The zero-order valence-corrected chi connectivity index (χ0v) is 8.09. The van der Waals surface area contributed by atoms with Gasteiger partial charge >= 0.3 is 0 Å². The Bertz CT molecular complexity index is 506. The summed E-state index contributed by atoms with van der Waals surface area (Å²) in [6.45, 7) is -0.0633. The van der Waals surface area contributed by atoms with Gasteiger partial charge in [0.15, 0.2) is 0 Å². The van der Waals surface area contributed by atoms with E-state index in [1.807, 2.05) is 36.4 Å². The zero-order chi connectivity index (χ0) is 10.7. The van der Waals surface area contributed by atoms with Gasteiger partial charge in [-0.1, -0.05) is 29.4 Å². The molecule has 2 aromatic carbocycles. The van der Waals surface area contributed by atoms with Crippen molar-refractivity contribution in [2.45, 2.75) is 6.61 Å². The molecule has 0 aliphatic rings. The Morgan fingerprint density at radius 2 is 1.80 bits per heavy atom. The number of fused-ring (bicyclic) bond motifs is 1. The minimum absolute atomic E-state index is 0.0633. The van der Waals surface area contributed by atoms with E-state index in [0.717, 1.165) is 21.9 Å². The van der Waals surface area contributed by atoms with Gasteiger partial charge in [-0.25, -0.2) is 0 Å². The van der Waals surface area contributed by atoms with E-state index in [1.54, 1.807) is 0 Å².